The van der Waals surface area contributed by atoms with Crippen molar-refractivity contribution in [3.8, 4) is 0 Å². The van der Waals surface area contributed by atoms with Crippen molar-refractivity contribution in [2.24, 2.45) is 20.5 Å². The largest absolute Gasteiger partial charge is 0.456 e. The van der Waals surface area contributed by atoms with Crippen LogP contribution in [0.3, 0.4) is 0 Å². The molecule has 0 fully saturated rings. The number of furan rings is 1. The average molecular weight is 376 g/mol. The van der Waals surface area contributed by atoms with Gasteiger partial charge in [-0.15, -0.1) is 0 Å². The molecule has 0 N–H and O–H groups in total. The van der Waals surface area contributed by atoms with Gasteiger partial charge in [0.15, 0.2) is 0 Å². The van der Waals surface area contributed by atoms with E-state index in [1.165, 1.54) is 0 Å². The van der Waals surface area contributed by atoms with E-state index in [4.69, 9.17) is 4.42 Å². The summed E-state index contributed by atoms with van der Waals surface area (Å²) < 4.78 is 5.94. The molecular weight excluding hydrogens is 360 g/mol. The van der Waals surface area contributed by atoms with Crippen molar-refractivity contribution in [1.29, 1.82) is 0 Å². The summed E-state index contributed by atoms with van der Waals surface area (Å²) in [6, 6.07) is 30.9. The van der Waals surface area contributed by atoms with E-state index in [1.807, 2.05) is 97.1 Å². The van der Waals surface area contributed by atoms with E-state index in [2.05, 4.69) is 20.5 Å². The van der Waals surface area contributed by atoms with Gasteiger partial charge in [0.25, 0.3) is 0 Å². The lowest BCUT2D eigenvalue weighted by atomic mass is 10.1. The minimum Gasteiger partial charge on any atom is -0.456 e. The van der Waals surface area contributed by atoms with Crippen LogP contribution in [0.1, 0.15) is 0 Å². The van der Waals surface area contributed by atoms with Gasteiger partial charge in [0.1, 0.15) is 11.2 Å². The smallest absolute Gasteiger partial charge is 0.135 e. The lowest BCUT2D eigenvalue weighted by Crippen LogP contribution is -1.69. The van der Waals surface area contributed by atoms with E-state index >= 15 is 0 Å². The van der Waals surface area contributed by atoms with Gasteiger partial charge in [0, 0.05) is 10.8 Å². The first-order chi connectivity index (χ1) is 14.3. The second-order valence-corrected chi connectivity index (χ2v) is 6.53. The lowest BCUT2D eigenvalue weighted by molar-refractivity contribution is 0.669. The molecule has 0 spiro atoms. The van der Waals surface area contributed by atoms with Gasteiger partial charge in [-0.05, 0) is 60.7 Å². The molecule has 0 aliphatic heterocycles. The fourth-order valence-electron chi connectivity index (χ4n) is 3.10. The van der Waals surface area contributed by atoms with Gasteiger partial charge in [0.2, 0.25) is 0 Å². The molecule has 0 saturated heterocycles. The summed E-state index contributed by atoms with van der Waals surface area (Å²) in [5.41, 5.74) is 4.76. The molecule has 5 aromatic rings. The summed E-state index contributed by atoms with van der Waals surface area (Å²) in [5.74, 6) is 0. The first-order valence-corrected chi connectivity index (χ1v) is 9.25. The lowest BCUT2D eigenvalue weighted by Gasteiger charge is -1.95. The number of nitrogens with zero attached hydrogens (tertiary/aromatic N) is 4. The molecule has 0 saturated carbocycles. The first kappa shape index (κ1) is 17.0. The third-order valence-corrected chi connectivity index (χ3v) is 4.51. The maximum absolute atomic E-state index is 5.94. The van der Waals surface area contributed by atoms with E-state index in [9.17, 15) is 0 Å². The van der Waals surface area contributed by atoms with E-state index in [0.29, 0.717) is 0 Å². The maximum Gasteiger partial charge on any atom is 0.135 e. The highest BCUT2D eigenvalue weighted by atomic mass is 16.3. The Morgan fingerprint density at radius 3 is 1.28 bits per heavy atom. The Hall–Kier alpha value is -4.12. The Balaban J connectivity index is 1.51. The predicted molar refractivity (Wildman–Crippen MR) is 115 cm³/mol. The van der Waals surface area contributed by atoms with Crippen LogP contribution in [-0.4, -0.2) is 0 Å². The average Bonchev–Trinajstić information content (AvgIpc) is 3.15. The molecule has 138 valence electrons. The molecule has 4 aromatic carbocycles. The minimum absolute atomic E-state index is 0.764. The molecule has 0 bridgehead atoms. The summed E-state index contributed by atoms with van der Waals surface area (Å²) in [4.78, 5) is 0. The zero-order valence-electron chi connectivity index (χ0n) is 15.4. The van der Waals surface area contributed by atoms with Crippen LogP contribution >= 0.6 is 0 Å². The second-order valence-electron chi connectivity index (χ2n) is 6.53. The molecule has 0 aliphatic carbocycles. The summed E-state index contributed by atoms with van der Waals surface area (Å²) in [6.07, 6.45) is 0. The van der Waals surface area contributed by atoms with E-state index in [-0.39, 0.29) is 0 Å². The highest BCUT2D eigenvalue weighted by Crippen LogP contribution is 2.34. The molecule has 5 nitrogen and oxygen atoms in total. The number of hydrogen-bond acceptors (Lipinski definition) is 5. The van der Waals surface area contributed by atoms with Crippen LogP contribution in [0, 0.1) is 0 Å². The van der Waals surface area contributed by atoms with Gasteiger partial charge in [-0.3, -0.25) is 0 Å². The monoisotopic (exact) mass is 376 g/mol. The van der Waals surface area contributed by atoms with Crippen LogP contribution < -0.4 is 0 Å². The number of azo groups is 2. The summed E-state index contributed by atoms with van der Waals surface area (Å²) in [6.45, 7) is 0. The normalized spacial score (nSPS) is 11.9. The fraction of sp³-hybridized carbons (Fsp3) is 0. The third kappa shape index (κ3) is 3.66. The topological polar surface area (TPSA) is 62.6 Å². The van der Waals surface area contributed by atoms with Crippen molar-refractivity contribution in [3.05, 3.63) is 97.1 Å². The molecule has 0 atom stereocenters. The molecule has 5 heteroatoms. The van der Waals surface area contributed by atoms with Crippen LogP contribution in [0.2, 0.25) is 0 Å². The Morgan fingerprint density at radius 1 is 0.414 bits per heavy atom. The quantitative estimate of drug-likeness (QED) is 0.290. The Labute approximate surface area is 167 Å². The van der Waals surface area contributed by atoms with Crippen molar-refractivity contribution in [1.82, 2.24) is 0 Å². The predicted octanol–water partition coefficient (Wildman–Crippen LogP) is 8.42. The van der Waals surface area contributed by atoms with E-state index in [0.717, 1.165) is 44.7 Å². The van der Waals surface area contributed by atoms with Crippen molar-refractivity contribution >= 4 is 44.7 Å². The fourth-order valence-corrected chi connectivity index (χ4v) is 3.10. The number of hydrogen-bond donors (Lipinski definition) is 0. The van der Waals surface area contributed by atoms with Crippen molar-refractivity contribution < 1.29 is 4.42 Å². The van der Waals surface area contributed by atoms with Gasteiger partial charge in [-0.25, -0.2) is 0 Å². The van der Waals surface area contributed by atoms with Crippen molar-refractivity contribution in [2.75, 3.05) is 0 Å². The van der Waals surface area contributed by atoms with Gasteiger partial charge in [0.05, 0.1) is 22.7 Å². The molecule has 0 unspecified atom stereocenters. The maximum atomic E-state index is 5.94. The first-order valence-electron chi connectivity index (χ1n) is 9.25. The Bertz CT molecular complexity index is 1240. The molecule has 1 aromatic heterocycles. The van der Waals surface area contributed by atoms with Gasteiger partial charge in [-0.2, -0.15) is 20.5 Å². The molecule has 5 rings (SSSR count). The zero-order chi connectivity index (χ0) is 19.5. The highest BCUT2D eigenvalue weighted by Gasteiger charge is 2.08. The molecular formula is C24H16N4O. The SMILES string of the molecule is c1ccc(N=Nc2ccc3oc4ccc(N=Nc5ccccc5)cc4c3c2)cc1. The van der Waals surface area contributed by atoms with Crippen LogP contribution in [0.15, 0.2) is 122 Å². The molecule has 1 heterocycles. The number of rotatable bonds is 4. The summed E-state index contributed by atoms with van der Waals surface area (Å²) in [5, 5.41) is 19.2. The highest BCUT2D eigenvalue weighted by molar-refractivity contribution is 6.06. The van der Waals surface area contributed by atoms with Crippen LogP contribution in [0.25, 0.3) is 21.9 Å². The summed E-state index contributed by atoms with van der Waals surface area (Å²) in [7, 11) is 0. The molecule has 29 heavy (non-hydrogen) atoms. The molecule has 0 aliphatic rings. The van der Waals surface area contributed by atoms with Crippen molar-refractivity contribution in [2.45, 2.75) is 0 Å². The molecule has 0 amide bonds. The van der Waals surface area contributed by atoms with Crippen LogP contribution in [0.4, 0.5) is 22.7 Å². The van der Waals surface area contributed by atoms with Gasteiger partial charge >= 0.3 is 0 Å². The number of fused-ring (bicyclic) bond motifs is 3. The summed E-state index contributed by atoms with van der Waals surface area (Å²) >= 11 is 0. The Morgan fingerprint density at radius 2 is 0.828 bits per heavy atom. The van der Waals surface area contributed by atoms with Gasteiger partial charge < -0.3 is 4.42 Å². The third-order valence-electron chi connectivity index (χ3n) is 4.51. The van der Waals surface area contributed by atoms with E-state index in [1.54, 1.807) is 0 Å². The number of benzene rings is 4. The second kappa shape index (κ2) is 7.48. The standard InChI is InChI=1S/C24H16N4O/c1-3-7-17(8-4-1)25-27-19-11-13-23-21(15-19)22-16-20(12-14-24(22)29-23)28-26-18-9-5-2-6-10-18/h1-16H. The van der Waals surface area contributed by atoms with Crippen LogP contribution in [0.5, 0.6) is 0 Å². The zero-order valence-corrected chi connectivity index (χ0v) is 15.4. The van der Waals surface area contributed by atoms with Gasteiger partial charge in [-0.1, -0.05) is 36.4 Å². The Kier molecular flexibility index (Phi) is 4.39. The van der Waals surface area contributed by atoms with Crippen LogP contribution in [-0.2, 0) is 0 Å². The minimum atomic E-state index is 0.764. The molecule has 0 radical (unpaired) electrons. The van der Waals surface area contributed by atoms with Crippen molar-refractivity contribution in [3.63, 3.8) is 0 Å². The van der Waals surface area contributed by atoms with E-state index < -0.39 is 0 Å².